The Kier molecular flexibility index (Phi) is 18.4. The average molecular weight is 452 g/mol. The number of aliphatic hydroxyl groups excluding tert-OH is 3. The molecule has 176 valence electrons. The zero-order valence-electron chi connectivity index (χ0n) is 16.2. The molecule has 3 atom stereocenters. The summed E-state index contributed by atoms with van der Waals surface area (Å²) >= 11 is 0. The fourth-order valence-electron chi connectivity index (χ4n) is 1.33. The molecule has 0 spiro atoms. The van der Waals surface area contributed by atoms with Crippen molar-refractivity contribution in [3.8, 4) is 0 Å². The number of hydrogen-bond acceptors (Lipinski definition) is 10. The van der Waals surface area contributed by atoms with Gasteiger partial charge >= 0.3 is 7.82 Å². The van der Waals surface area contributed by atoms with Crippen molar-refractivity contribution >= 4 is 7.82 Å². The van der Waals surface area contributed by atoms with Crippen LogP contribution in [0.25, 0.3) is 0 Å². The van der Waals surface area contributed by atoms with Crippen molar-refractivity contribution < 1.29 is 63.0 Å². The Bertz CT molecular complexity index is 345. The van der Waals surface area contributed by atoms with Crippen LogP contribution in [0.5, 0.6) is 0 Å². The SMILES string of the molecule is O=P(O)(O)O.OCCOCC1CO1.OCCOCC1CO1.OCCOCC1CO1. The van der Waals surface area contributed by atoms with Gasteiger partial charge in [-0.1, -0.05) is 0 Å². The van der Waals surface area contributed by atoms with Gasteiger partial charge in [-0.25, -0.2) is 4.57 Å². The minimum absolute atomic E-state index is 0.104. The standard InChI is InChI=1S/3C5H10O3.H3O4P/c3*6-1-2-7-3-5-4-8-5;1-5(2,3)4/h3*5-6H,1-4H2;(H3,1,2,3,4). The molecule has 0 radical (unpaired) electrons. The lowest BCUT2D eigenvalue weighted by Crippen LogP contribution is -2.04. The molecule has 29 heavy (non-hydrogen) atoms. The van der Waals surface area contributed by atoms with Crippen LogP contribution in [0.1, 0.15) is 0 Å². The van der Waals surface area contributed by atoms with E-state index in [2.05, 4.69) is 0 Å². The summed E-state index contributed by atoms with van der Waals surface area (Å²) in [5.74, 6) is 0. The Hall–Kier alpha value is -0.250. The lowest BCUT2D eigenvalue weighted by atomic mass is 10.5. The van der Waals surface area contributed by atoms with Crippen LogP contribution in [0, 0.1) is 0 Å². The molecule has 0 aromatic heterocycles. The van der Waals surface area contributed by atoms with Gasteiger partial charge in [0.15, 0.2) is 0 Å². The first-order chi connectivity index (χ1) is 13.8. The largest absolute Gasteiger partial charge is 0.466 e. The van der Waals surface area contributed by atoms with E-state index in [-0.39, 0.29) is 19.8 Å². The third-order valence-electron chi connectivity index (χ3n) is 2.83. The summed E-state index contributed by atoms with van der Waals surface area (Å²) in [4.78, 5) is 21.6. The van der Waals surface area contributed by atoms with Crippen LogP contribution in [-0.2, 0) is 33.0 Å². The molecule has 3 aliphatic rings. The van der Waals surface area contributed by atoms with E-state index in [4.69, 9.17) is 63.0 Å². The molecule has 3 saturated heterocycles. The van der Waals surface area contributed by atoms with E-state index in [0.717, 1.165) is 19.8 Å². The van der Waals surface area contributed by atoms with Crippen molar-refractivity contribution in [3.63, 3.8) is 0 Å². The molecule has 0 saturated carbocycles. The highest BCUT2D eigenvalue weighted by molar-refractivity contribution is 7.45. The maximum Gasteiger partial charge on any atom is 0.466 e. The van der Waals surface area contributed by atoms with Crippen molar-refractivity contribution in [3.05, 3.63) is 0 Å². The molecule has 13 nitrogen and oxygen atoms in total. The van der Waals surface area contributed by atoms with Gasteiger partial charge in [0.25, 0.3) is 0 Å². The zero-order valence-corrected chi connectivity index (χ0v) is 17.1. The summed E-state index contributed by atoms with van der Waals surface area (Å²) in [6.07, 6.45) is 0.963. The molecule has 14 heteroatoms. The van der Waals surface area contributed by atoms with Gasteiger partial charge < -0.3 is 58.4 Å². The molecular formula is C15H33O13P. The fraction of sp³-hybridized carbons (Fsp3) is 1.00. The van der Waals surface area contributed by atoms with Crippen LogP contribution in [0.2, 0.25) is 0 Å². The van der Waals surface area contributed by atoms with Crippen molar-refractivity contribution in [2.45, 2.75) is 18.3 Å². The highest BCUT2D eigenvalue weighted by Crippen LogP contribution is 2.25. The van der Waals surface area contributed by atoms with Crippen molar-refractivity contribution in [2.24, 2.45) is 0 Å². The number of ether oxygens (including phenoxy) is 6. The van der Waals surface area contributed by atoms with Crippen LogP contribution in [0.4, 0.5) is 0 Å². The van der Waals surface area contributed by atoms with Crippen LogP contribution in [0.15, 0.2) is 0 Å². The first kappa shape index (κ1) is 28.8. The second-order valence-corrected chi connectivity index (χ2v) is 6.80. The van der Waals surface area contributed by atoms with Gasteiger partial charge in [-0.15, -0.1) is 0 Å². The monoisotopic (exact) mass is 452 g/mol. The third kappa shape index (κ3) is 32.6. The molecule has 0 bridgehead atoms. The van der Waals surface area contributed by atoms with Crippen LogP contribution < -0.4 is 0 Å². The first-order valence-corrected chi connectivity index (χ1v) is 10.6. The molecule has 0 aromatic carbocycles. The summed E-state index contributed by atoms with van der Waals surface area (Å²) in [7, 11) is -4.64. The molecule has 0 amide bonds. The first-order valence-electron chi connectivity index (χ1n) is 8.99. The number of hydrogen-bond donors (Lipinski definition) is 6. The molecule has 3 fully saturated rings. The molecule has 3 rings (SSSR count). The predicted molar refractivity (Wildman–Crippen MR) is 97.2 cm³/mol. The molecule has 0 aliphatic carbocycles. The quantitative estimate of drug-likeness (QED) is 0.101. The number of epoxide rings is 3. The van der Waals surface area contributed by atoms with Crippen LogP contribution in [0.3, 0.4) is 0 Å². The highest BCUT2D eigenvalue weighted by Gasteiger charge is 2.22. The Labute approximate surface area is 169 Å². The topological polar surface area (TPSA) is 204 Å². The molecule has 0 aromatic rings. The smallest absolute Gasteiger partial charge is 0.394 e. The van der Waals surface area contributed by atoms with E-state index >= 15 is 0 Å². The molecule has 3 unspecified atom stereocenters. The van der Waals surface area contributed by atoms with E-state index in [1.54, 1.807) is 0 Å². The maximum atomic E-state index is 8.88. The van der Waals surface area contributed by atoms with Crippen molar-refractivity contribution in [2.75, 3.05) is 79.3 Å². The van der Waals surface area contributed by atoms with Gasteiger partial charge in [-0.2, -0.15) is 0 Å². The number of aliphatic hydroxyl groups is 3. The summed E-state index contributed by atoms with van der Waals surface area (Å²) in [5.41, 5.74) is 0. The van der Waals surface area contributed by atoms with E-state index in [0.29, 0.717) is 58.0 Å². The van der Waals surface area contributed by atoms with Gasteiger partial charge in [0, 0.05) is 0 Å². The highest BCUT2D eigenvalue weighted by atomic mass is 31.2. The van der Waals surface area contributed by atoms with E-state index in [1.165, 1.54) is 0 Å². The molecular weight excluding hydrogens is 419 g/mol. The average Bonchev–Trinajstić information content (AvgIpc) is 3.47. The normalized spacial score (nSPS) is 23.4. The Morgan fingerprint density at radius 3 is 1.00 bits per heavy atom. The van der Waals surface area contributed by atoms with E-state index in [9.17, 15) is 0 Å². The van der Waals surface area contributed by atoms with Crippen molar-refractivity contribution in [1.29, 1.82) is 0 Å². The Morgan fingerprint density at radius 1 is 0.655 bits per heavy atom. The van der Waals surface area contributed by atoms with E-state index in [1.807, 2.05) is 0 Å². The Morgan fingerprint density at radius 2 is 0.862 bits per heavy atom. The molecule has 3 aliphatic heterocycles. The van der Waals surface area contributed by atoms with Crippen LogP contribution >= 0.6 is 7.82 Å². The van der Waals surface area contributed by atoms with Gasteiger partial charge in [0.05, 0.1) is 79.3 Å². The number of rotatable bonds is 12. The maximum absolute atomic E-state index is 8.88. The second kappa shape index (κ2) is 18.5. The lowest BCUT2D eigenvalue weighted by molar-refractivity contribution is 0.0810. The predicted octanol–water partition coefficient (Wildman–Crippen LogP) is -2.75. The summed E-state index contributed by atoms with van der Waals surface area (Å²) in [6, 6.07) is 0. The second-order valence-electron chi connectivity index (χ2n) is 5.77. The molecule has 6 N–H and O–H groups in total. The number of phosphoric acid groups is 1. The van der Waals surface area contributed by atoms with E-state index < -0.39 is 7.82 Å². The minimum Gasteiger partial charge on any atom is -0.394 e. The summed E-state index contributed by atoms with van der Waals surface area (Å²) in [6.45, 7) is 6.00. The van der Waals surface area contributed by atoms with Gasteiger partial charge in [0.1, 0.15) is 18.3 Å². The lowest BCUT2D eigenvalue weighted by Gasteiger charge is -1.95. The van der Waals surface area contributed by atoms with Gasteiger partial charge in [0.2, 0.25) is 0 Å². The van der Waals surface area contributed by atoms with Crippen molar-refractivity contribution in [1.82, 2.24) is 0 Å². The summed E-state index contributed by atoms with van der Waals surface area (Å²) in [5, 5.41) is 24.7. The zero-order chi connectivity index (χ0) is 22.0. The fourth-order valence-corrected chi connectivity index (χ4v) is 1.33. The van der Waals surface area contributed by atoms with Gasteiger partial charge in [-0.3, -0.25) is 0 Å². The minimum atomic E-state index is -4.64. The summed E-state index contributed by atoms with van der Waals surface area (Å²) < 4.78 is 38.2. The molecule has 3 heterocycles. The Balaban J connectivity index is 0.000000367. The van der Waals surface area contributed by atoms with Gasteiger partial charge in [-0.05, 0) is 0 Å². The third-order valence-corrected chi connectivity index (χ3v) is 2.83. The van der Waals surface area contributed by atoms with Crippen LogP contribution in [-0.4, -0.2) is 128 Å².